The second-order valence-electron chi connectivity index (χ2n) is 8.24. The lowest BCUT2D eigenvalue weighted by atomic mass is 9.97. The number of nitrogens with one attached hydrogen (secondary N) is 1. The van der Waals surface area contributed by atoms with Gasteiger partial charge in [-0.15, -0.1) is 0 Å². The van der Waals surface area contributed by atoms with E-state index in [9.17, 15) is 0 Å². The molecule has 1 aromatic carbocycles. The van der Waals surface area contributed by atoms with Gasteiger partial charge in [-0.3, -0.25) is 4.98 Å². The van der Waals surface area contributed by atoms with Crippen LogP contribution in [-0.2, 0) is 0 Å². The average molecular weight is 498 g/mol. The van der Waals surface area contributed by atoms with Crippen molar-refractivity contribution in [3.8, 4) is 5.69 Å². The maximum absolute atomic E-state index is 5.80. The van der Waals surface area contributed by atoms with Crippen LogP contribution in [0.25, 0.3) is 5.69 Å². The summed E-state index contributed by atoms with van der Waals surface area (Å²) in [6.45, 7) is 6.14. The Hall–Kier alpha value is -2.22. The lowest BCUT2D eigenvalue weighted by Crippen LogP contribution is -2.35. The molecule has 7 heteroatoms. The molecule has 1 aliphatic rings. The van der Waals surface area contributed by atoms with Crippen LogP contribution in [0.15, 0.2) is 59.2 Å². The molecule has 0 bridgehead atoms. The van der Waals surface area contributed by atoms with Gasteiger partial charge in [0.25, 0.3) is 0 Å². The van der Waals surface area contributed by atoms with Crippen molar-refractivity contribution in [2.24, 2.45) is 0 Å². The van der Waals surface area contributed by atoms with E-state index in [0.29, 0.717) is 0 Å². The highest BCUT2D eigenvalue weighted by Gasteiger charge is 2.41. The highest BCUT2D eigenvalue weighted by Crippen LogP contribution is 2.41. The van der Waals surface area contributed by atoms with E-state index in [0.717, 1.165) is 34.1 Å². The number of para-hydroxylation sites is 1. The molecule has 2 atom stereocenters. The quantitative estimate of drug-likeness (QED) is 0.495. The lowest BCUT2D eigenvalue weighted by Gasteiger charge is -2.29. The number of aromatic nitrogens is 2. The number of thiocarbonyl (C=S) groups is 1. The van der Waals surface area contributed by atoms with Gasteiger partial charge in [-0.1, -0.05) is 18.2 Å². The molecule has 162 valence electrons. The van der Waals surface area contributed by atoms with Crippen LogP contribution in [0.3, 0.4) is 0 Å². The van der Waals surface area contributed by atoms with Crippen molar-refractivity contribution in [2.45, 2.75) is 25.9 Å². The van der Waals surface area contributed by atoms with Crippen molar-refractivity contribution in [3.63, 3.8) is 0 Å². The predicted octanol–water partition coefficient (Wildman–Crippen LogP) is 4.79. The van der Waals surface area contributed by atoms with Crippen molar-refractivity contribution in [1.82, 2.24) is 24.7 Å². The van der Waals surface area contributed by atoms with Crippen molar-refractivity contribution in [3.05, 3.63) is 81.8 Å². The normalized spacial score (nSPS) is 18.6. The minimum Gasteiger partial charge on any atom is -0.352 e. The van der Waals surface area contributed by atoms with Crippen LogP contribution < -0.4 is 5.32 Å². The Morgan fingerprint density at radius 2 is 1.87 bits per heavy atom. The van der Waals surface area contributed by atoms with Crippen molar-refractivity contribution >= 4 is 33.3 Å². The third kappa shape index (κ3) is 4.27. The van der Waals surface area contributed by atoms with Gasteiger partial charge in [-0.05, 0) is 92.0 Å². The molecular weight excluding hydrogens is 470 g/mol. The van der Waals surface area contributed by atoms with Crippen LogP contribution in [0.1, 0.15) is 34.7 Å². The Labute approximate surface area is 198 Å². The molecule has 0 unspecified atom stereocenters. The number of aryl methyl sites for hydroxylation is 1. The zero-order valence-electron chi connectivity index (χ0n) is 18.3. The Balaban J connectivity index is 1.82. The molecule has 0 saturated carbocycles. The molecule has 1 aliphatic heterocycles. The van der Waals surface area contributed by atoms with E-state index >= 15 is 0 Å². The maximum atomic E-state index is 5.80. The van der Waals surface area contributed by atoms with Gasteiger partial charge in [0.2, 0.25) is 0 Å². The first-order valence-electron chi connectivity index (χ1n) is 10.4. The van der Waals surface area contributed by atoms with Crippen LogP contribution in [-0.4, -0.2) is 51.6 Å². The molecule has 5 nitrogen and oxygen atoms in total. The van der Waals surface area contributed by atoms with Gasteiger partial charge in [0.15, 0.2) is 5.11 Å². The van der Waals surface area contributed by atoms with Crippen molar-refractivity contribution in [2.75, 3.05) is 27.2 Å². The minimum atomic E-state index is 0.00373. The fraction of sp³-hybridized carbons (Fsp3) is 0.333. The van der Waals surface area contributed by atoms with Gasteiger partial charge in [-0.2, -0.15) is 0 Å². The number of nitrogens with zero attached hydrogens (tertiary/aromatic N) is 4. The highest BCUT2D eigenvalue weighted by atomic mass is 79.9. The number of likely N-dealkylation sites (N-methyl/N-ethyl adjacent to an activating group) is 1. The molecule has 0 amide bonds. The lowest BCUT2D eigenvalue weighted by molar-refractivity contribution is 0.277. The standard InChI is InChI=1S/C24H28BrN5S/c1-16-15-18(17(2)30(16)21-11-6-5-9-19(21)25)23-22(20-10-7-8-12-26-20)27-24(31)29(23)14-13-28(3)4/h5-12,15,22-23H,13-14H2,1-4H3,(H,27,31)/t22-,23+/m0/s1. The van der Waals surface area contributed by atoms with Gasteiger partial charge < -0.3 is 19.7 Å². The molecule has 3 heterocycles. The summed E-state index contributed by atoms with van der Waals surface area (Å²) in [5.41, 5.74) is 5.84. The van der Waals surface area contributed by atoms with E-state index in [1.807, 2.05) is 24.4 Å². The maximum Gasteiger partial charge on any atom is 0.170 e. The molecule has 0 radical (unpaired) electrons. The third-order valence-corrected chi connectivity index (χ3v) is 6.89. The number of hydrogen-bond acceptors (Lipinski definition) is 3. The number of benzene rings is 1. The molecule has 1 fully saturated rings. The molecule has 0 aliphatic carbocycles. The minimum absolute atomic E-state index is 0.00373. The van der Waals surface area contributed by atoms with Gasteiger partial charge in [-0.25, -0.2) is 0 Å². The largest absolute Gasteiger partial charge is 0.352 e. The predicted molar refractivity (Wildman–Crippen MR) is 134 cm³/mol. The fourth-order valence-corrected chi connectivity index (χ4v) is 5.18. The Morgan fingerprint density at radius 1 is 1.13 bits per heavy atom. The summed E-state index contributed by atoms with van der Waals surface area (Å²) < 4.78 is 3.40. The van der Waals surface area contributed by atoms with Gasteiger partial charge in [0.05, 0.1) is 23.5 Å². The second-order valence-corrected chi connectivity index (χ2v) is 9.48. The molecule has 3 aromatic rings. The fourth-order valence-electron chi connectivity index (χ4n) is 4.38. The zero-order valence-corrected chi connectivity index (χ0v) is 20.7. The Kier molecular flexibility index (Phi) is 6.46. The van der Waals surface area contributed by atoms with E-state index < -0.39 is 0 Å². The average Bonchev–Trinajstić information content (AvgIpc) is 3.23. The summed E-state index contributed by atoms with van der Waals surface area (Å²) in [6.07, 6.45) is 1.85. The van der Waals surface area contributed by atoms with E-state index in [-0.39, 0.29) is 12.1 Å². The number of rotatable bonds is 6. The van der Waals surface area contributed by atoms with E-state index in [4.69, 9.17) is 12.2 Å². The van der Waals surface area contributed by atoms with Crippen LogP contribution >= 0.6 is 28.1 Å². The van der Waals surface area contributed by atoms with Crippen LogP contribution in [0.5, 0.6) is 0 Å². The monoisotopic (exact) mass is 497 g/mol. The smallest absolute Gasteiger partial charge is 0.170 e. The second kappa shape index (κ2) is 9.10. The molecule has 1 saturated heterocycles. The van der Waals surface area contributed by atoms with E-state index in [1.54, 1.807) is 0 Å². The topological polar surface area (TPSA) is 36.3 Å². The summed E-state index contributed by atoms with van der Waals surface area (Å²) in [5.74, 6) is 0. The number of pyridine rings is 1. The summed E-state index contributed by atoms with van der Waals surface area (Å²) in [6, 6.07) is 16.8. The zero-order chi connectivity index (χ0) is 22.1. The number of hydrogen-bond donors (Lipinski definition) is 1. The van der Waals surface area contributed by atoms with Gasteiger partial charge in [0, 0.05) is 35.1 Å². The van der Waals surface area contributed by atoms with Crippen LogP contribution in [0.2, 0.25) is 0 Å². The van der Waals surface area contributed by atoms with E-state index in [2.05, 4.69) is 98.9 Å². The van der Waals surface area contributed by atoms with Crippen LogP contribution in [0, 0.1) is 13.8 Å². The van der Waals surface area contributed by atoms with E-state index in [1.165, 1.54) is 17.0 Å². The molecular formula is C24H28BrN5S. The van der Waals surface area contributed by atoms with Crippen molar-refractivity contribution in [1.29, 1.82) is 0 Å². The summed E-state index contributed by atoms with van der Waals surface area (Å²) in [7, 11) is 4.19. The summed E-state index contributed by atoms with van der Waals surface area (Å²) >= 11 is 9.52. The Morgan fingerprint density at radius 3 is 2.55 bits per heavy atom. The molecule has 1 N–H and O–H groups in total. The first-order chi connectivity index (χ1) is 14.9. The first kappa shape index (κ1) is 22.0. The summed E-state index contributed by atoms with van der Waals surface area (Å²) in [4.78, 5) is 9.17. The molecule has 4 rings (SSSR count). The third-order valence-electron chi connectivity index (χ3n) is 5.87. The molecule has 0 spiro atoms. The van der Waals surface area contributed by atoms with Gasteiger partial charge in [0.1, 0.15) is 0 Å². The Bertz CT molecular complexity index is 1080. The van der Waals surface area contributed by atoms with Crippen molar-refractivity contribution < 1.29 is 0 Å². The van der Waals surface area contributed by atoms with Gasteiger partial charge >= 0.3 is 0 Å². The SMILES string of the molecule is Cc1cc([C@@H]2[C@H](c3ccccn3)NC(=S)N2CCN(C)C)c(C)n1-c1ccccc1Br. The first-order valence-corrected chi connectivity index (χ1v) is 11.6. The molecule has 31 heavy (non-hydrogen) atoms. The summed E-state index contributed by atoms with van der Waals surface area (Å²) in [5, 5.41) is 4.34. The van der Waals surface area contributed by atoms with Crippen LogP contribution in [0.4, 0.5) is 0 Å². The molecule has 2 aromatic heterocycles. The highest BCUT2D eigenvalue weighted by molar-refractivity contribution is 9.10. The number of halogens is 1.